The number of ether oxygens (including phenoxy) is 1. The van der Waals surface area contributed by atoms with Crippen molar-refractivity contribution in [3.8, 4) is 5.75 Å². The van der Waals surface area contributed by atoms with Gasteiger partial charge in [-0.2, -0.15) is 0 Å². The number of nitrogens with zero attached hydrogens (tertiary/aromatic N) is 1. The molecule has 2 heteroatoms. The molecule has 0 atom stereocenters. The minimum absolute atomic E-state index is 0.834. The van der Waals surface area contributed by atoms with Crippen LogP contribution in [0.1, 0.15) is 22.3 Å². The summed E-state index contributed by atoms with van der Waals surface area (Å²) in [5, 5.41) is 0. The number of aliphatic imine (C=N–C) groups is 1. The lowest BCUT2D eigenvalue weighted by Gasteiger charge is -2.09. The van der Waals surface area contributed by atoms with Gasteiger partial charge in [0.05, 0.1) is 18.5 Å². The maximum atomic E-state index is 5.22. The van der Waals surface area contributed by atoms with Gasteiger partial charge in [-0.15, -0.1) is 0 Å². The molecular formula is C22H21NO. The molecule has 3 aromatic carbocycles. The van der Waals surface area contributed by atoms with Crippen LogP contribution in [0.5, 0.6) is 5.75 Å². The van der Waals surface area contributed by atoms with Gasteiger partial charge in [0.15, 0.2) is 0 Å². The third-order valence-electron chi connectivity index (χ3n) is 3.96. The fraction of sp³-hybridized carbons (Fsp3) is 0.136. The zero-order valence-electron chi connectivity index (χ0n) is 14.3. The molecule has 0 unspecified atom stereocenters. The molecule has 0 aromatic heterocycles. The highest BCUT2D eigenvalue weighted by Gasteiger charge is 2.07. The van der Waals surface area contributed by atoms with Crippen LogP contribution in [0.25, 0.3) is 0 Å². The van der Waals surface area contributed by atoms with Gasteiger partial charge < -0.3 is 4.74 Å². The van der Waals surface area contributed by atoms with Crippen molar-refractivity contribution in [2.75, 3.05) is 7.11 Å². The quantitative estimate of drug-likeness (QED) is 0.584. The van der Waals surface area contributed by atoms with Gasteiger partial charge in [0.2, 0.25) is 0 Å². The molecule has 0 spiro atoms. The van der Waals surface area contributed by atoms with Crippen molar-refractivity contribution in [1.82, 2.24) is 0 Å². The number of methoxy groups -OCH3 is 1. The summed E-state index contributed by atoms with van der Waals surface area (Å²) >= 11 is 0. The molecule has 2 nitrogen and oxygen atoms in total. The molecule has 0 aliphatic heterocycles. The van der Waals surface area contributed by atoms with E-state index in [2.05, 4.69) is 62.4 Å². The number of hydrogen-bond acceptors (Lipinski definition) is 2. The van der Waals surface area contributed by atoms with Crippen LogP contribution in [0, 0.1) is 13.8 Å². The predicted molar refractivity (Wildman–Crippen MR) is 101 cm³/mol. The normalized spacial score (nSPS) is 10.3. The molecule has 0 fully saturated rings. The van der Waals surface area contributed by atoms with Crippen LogP contribution in [0.2, 0.25) is 0 Å². The van der Waals surface area contributed by atoms with E-state index in [4.69, 9.17) is 9.73 Å². The van der Waals surface area contributed by atoms with Crippen molar-refractivity contribution in [1.29, 1.82) is 0 Å². The highest BCUT2D eigenvalue weighted by atomic mass is 16.5. The summed E-state index contributed by atoms with van der Waals surface area (Å²) in [5.41, 5.74) is 6.59. The van der Waals surface area contributed by atoms with E-state index < -0.39 is 0 Å². The van der Waals surface area contributed by atoms with Gasteiger partial charge >= 0.3 is 0 Å². The number of rotatable bonds is 4. The topological polar surface area (TPSA) is 21.6 Å². The first-order chi connectivity index (χ1) is 11.7. The zero-order valence-corrected chi connectivity index (χ0v) is 14.3. The van der Waals surface area contributed by atoms with E-state index in [1.165, 1.54) is 11.1 Å². The molecule has 0 amide bonds. The van der Waals surface area contributed by atoms with Gasteiger partial charge in [-0.1, -0.05) is 59.7 Å². The van der Waals surface area contributed by atoms with Crippen molar-refractivity contribution >= 4 is 11.4 Å². The fourth-order valence-electron chi connectivity index (χ4n) is 2.50. The Bertz CT molecular complexity index is 781. The largest absolute Gasteiger partial charge is 0.497 e. The summed E-state index contributed by atoms with van der Waals surface area (Å²) in [5.74, 6) is 0.834. The first-order valence-corrected chi connectivity index (χ1v) is 8.02. The lowest BCUT2D eigenvalue weighted by Crippen LogP contribution is -2.03. The highest BCUT2D eigenvalue weighted by molar-refractivity contribution is 6.14. The Balaban J connectivity index is 2.07. The first-order valence-electron chi connectivity index (χ1n) is 8.02. The van der Waals surface area contributed by atoms with Crippen LogP contribution in [-0.2, 0) is 0 Å². The summed E-state index contributed by atoms with van der Waals surface area (Å²) in [7, 11) is 1.67. The predicted octanol–water partition coefficient (Wildman–Crippen LogP) is 5.48. The minimum Gasteiger partial charge on any atom is -0.497 e. The summed E-state index contributed by atoms with van der Waals surface area (Å²) in [6.45, 7) is 4.19. The number of aryl methyl sites for hydroxylation is 2. The second-order valence-electron chi connectivity index (χ2n) is 5.89. The third kappa shape index (κ3) is 3.72. The average Bonchev–Trinajstić information content (AvgIpc) is 2.62. The lowest BCUT2D eigenvalue weighted by atomic mass is 10.00. The standard InChI is InChI=1S/C22H21NO/c1-16-4-8-18(9-5-16)22(19-10-6-17(2)7-11-19)23-20-12-14-21(24-3)15-13-20/h4-15H,1-3H3. The molecule has 0 aliphatic rings. The summed E-state index contributed by atoms with van der Waals surface area (Å²) < 4.78 is 5.22. The lowest BCUT2D eigenvalue weighted by molar-refractivity contribution is 0.415. The molecule has 0 radical (unpaired) electrons. The van der Waals surface area contributed by atoms with Crippen LogP contribution >= 0.6 is 0 Å². The summed E-state index contributed by atoms with van der Waals surface area (Å²) in [6.07, 6.45) is 0. The molecule has 3 aromatic rings. The van der Waals surface area contributed by atoms with Gasteiger partial charge in [-0.3, -0.25) is 0 Å². The van der Waals surface area contributed by atoms with E-state index in [0.717, 1.165) is 28.3 Å². The van der Waals surface area contributed by atoms with Crippen LogP contribution in [0.3, 0.4) is 0 Å². The van der Waals surface area contributed by atoms with E-state index in [-0.39, 0.29) is 0 Å². The molecule has 0 aliphatic carbocycles. The number of hydrogen-bond donors (Lipinski definition) is 0. The number of benzene rings is 3. The second-order valence-corrected chi connectivity index (χ2v) is 5.89. The monoisotopic (exact) mass is 315 g/mol. The maximum Gasteiger partial charge on any atom is 0.119 e. The Morgan fingerprint density at radius 2 is 1.12 bits per heavy atom. The first kappa shape index (κ1) is 16.0. The smallest absolute Gasteiger partial charge is 0.119 e. The zero-order chi connectivity index (χ0) is 16.9. The van der Waals surface area contributed by atoms with Crippen molar-refractivity contribution < 1.29 is 4.74 Å². The minimum atomic E-state index is 0.834. The Morgan fingerprint density at radius 1 is 0.667 bits per heavy atom. The third-order valence-corrected chi connectivity index (χ3v) is 3.96. The van der Waals surface area contributed by atoms with Crippen LogP contribution in [0.4, 0.5) is 5.69 Å². The fourth-order valence-corrected chi connectivity index (χ4v) is 2.50. The molecule has 0 saturated carbocycles. The Hall–Kier alpha value is -2.87. The second kappa shape index (κ2) is 7.14. The average molecular weight is 315 g/mol. The Labute approximate surface area is 143 Å². The summed E-state index contributed by atoms with van der Waals surface area (Å²) in [4.78, 5) is 4.89. The van der Waals surface area contributed by atoms with E-state index >= 15 is 0 Å². The van der Waals surface area contributed by atoms with E-state index in [1.54, 1.807) is 7.11 Å². The van der Waals surface area contributed by atoms with E-state index in [1.807, 2.05) is 24.3 Å². The molecule has 0 bridgehead atoms. The van der Waals surface area contributed by atoms with Gasteiger partial charge in [-0.05, 0) is 38.1 Å². The van der Waals surface area contributed by atoms with Gasteiger partial charge in [0.1, 0.15) is 5.75 Å². The van der Waals surface area contributed by atoms with Crippen molar-refractivity contribution in [2.24, 2.45) is 4.99 Å². The maximum absolute atomic E-state index is 5.22. The molecule has 0 saturated heterocycles. The van der Waals surface area contributed by atoms with Gasteiger partial charge in [0.25, 0.3) is 0 Å². The Morgan fingerprint density at radius 3 is 1.54 bits per heavy atom. The molecule has 3 rings (SSSR count). The molecule has 0 heterocycles. The van der Waals surface area contributed by atoms with Crippen molar-refractivity contribution in [3.05, 3.63) is 95.1 Å². The van der Waals surface area contributed by atoms with Crippen molar-refractivity contribution in [2.45, 2.75) is 13.8 Å². The van der Waals surface area contributed by atoms with Crippen LogP contribution < -0.4 is 4.74 Å². The SMILES string of the molecule is COc1ccc(N=C(c2ccc(C)cc2)c2ccc(C)cc2)cc1. The van der Waals surface area contributed by atoms with E-state index in [0.29, 0.717) is 0 Å². The van der Waals surface area contributed by atoms with Crippen LogP contribution in [-0.4, -0.2) is 12.8 Å². The molecule has 120 valence electrons. The van der Waals surface area contributed by atoms with Crippen molar-refractivity contribution in [3.63, 3.8) is 0 Å². The van der Waals surface area contributed by atoms with E-state index in [9.17, 15) is 0 Å². The Kier molecular flexibility index (Phi) is 4.76. The molecular weight excluding hydrogens is 294 g/mol. The molecule has 0 N–H and O–H groups in total. The van der Waals surface area contributed by atoms with Gasteiger partial charge in [0, 0.05) is 11.1 Å². The van der Waals surface area contributed by atoms with Gasteiger partial charge in [-0.25, -0.2) is 4.99 Å². The summed E-state index contributed by atoms with van der Waals surface area (Å²) in [6, 6.07) is 24.8. The molecule has 24 heavy (non-hydrogen) atoms. The highest BCUT2D eigenvalue weighted by Crippen LogP contribution is 2.22. The van der Waals surface area contributed by atoms with Crippen LogP contribution in [0.15, 0.2) is 77.8 Å².